The van der Waals surface area contributed by atoms with Gasteiger partial charge in [0.1, 0.15) is 0 Å². The lowest BCUT2D eigenvalue weighted by Gasteiger charge is -1.99. The molecule has 0 spiro atoms. The van der Waals surface area contributed by atoms with Crippen LogP contribution in [0.15, 0.2) is 53.7 Å². The fourth-order valence-corrected chi connectivity index (χ4v) is 2.73. The molecule has 0 unspecified atom stereocenters. The van der Waals surface area contributed by atoms with E-state index in [0.29, 0.717) is 16.9 Å². The molecule has 102 valence electrons. The standard InChI is InChI=1S/C16H11N3OS/c17-9-11-5-7-12(8-6-11)15(20)10-21-16-18-13-3-1-2-4-14(13)19-16/h1-8H,10H2,(H,18,19). The monoisotopic (exact) mass is 293 g/mol. The summed E-state index contributed by atoms with van der Waals surface area (Å²) in [5.41, 5.74) is 3.02. The van der Waals surface area contributed by atoms with Gasteiger partial charge in [-0.25, -0.2) is 4.98 Å². The van der Waals surface area contributed by atoms with E-state index in [-0.39, 0.29) is 5.78 Å². The van der Waals surface area contributed by atoms with E-state index in [1.807, 2.05) is 30.3 Å². The largest absolute Gasteiger partial charge is 0.333 e. The highest BCUT2D eigenvalue weighted by Crippen LogP contribution is 2.20. The molecule has 0 radical (unpaired) electrons. The van der Waals surface area contributed by atoms with Crippen LogP contribution in [0.1, 0.15) is 15.9 Å². The third-order valence-electron chi connectivity index (χ3n) is 3.04. The topological polar surface area (TPSA) is 69.5 Å². The zero-order chi connectivity index (χ0) is 14.7. The first-order valence-electron chi connectivity index (χ1n) is 6.37. The number of Topliss-reactive ketones (excluding diaryl/α,β-unsaturated/α-hetero) is 1. The van der Waals surface area contributed by atoms with Crippen LogP contribution >= 0.6 is 11.8 Å². The molecule has 0 aliphatic rings. The number of hydrogen-bond donors (Lipinski definition) is 1. The van der Waals surface area contributed by atoms with Crippen LogP contribution < -0.4 is 0 Å². The number of para-hydroxylation sites is 2. The first kappa shape index (κ1) is 13.4. The van der Waals surface area contributed by atoms with Crippen LogP contribution in [-0.2, 0) is 0 Å². The second-order valence-corrected chi connectivity index (χ2v) is 5.42. The van der Waals surface area contributed by atoms with E-state index < -0.39 is 0 Å². The summed E-state index contributed by atoms with van der Waals surface area (Å²) in [5.74, 6) is 0.330. The second-order valence-electron chi connectivity index (χ2n) is 4.46. The number of nitrogens with zero attached hydrogens (tertiary/aromatic N) is 2. The van der Waals surface area contributed by atoms with Crippen molar-refractivity contribution in [3.8, 4) is 6.07 Å². The quantitative estimate of drug-likeness (QED) is 0.591. The average Bonchev–Trinajstić information content (AvgIpc) is 2.95. The van der Waals surface area contributed by atoms with Crippen LogP contribution in [0, 0.1) is 11.3 Å². The minimum Gasteiger partial charge on any atom is -0.333 e. The molecule has 4 nitrogen and oxygen atoms in total. The smallest absolute Gasteiger partial charge is 0.173 e. The van der Waals surface area contributed by atoms with Gasteiger partial charge in [-0.3, -0.25) is 4.79 Å². The van der Waals surface area contributed by atoms with Crippen molar-refractivity contribution in [2.24, 2.45) is 0 Å². The number of ketones is 1. The summed E-state index contributed by atoms with van der Waals surface area (Å²) in [6, 6.07) is 16.5. The number of aromatic amines is 1. The van der Waals surface area contributed by atoms with E-state index >= 15 is 0 Å². The average molecular weight is 293 g/mol. The van der Waals surface area contributed by atoms with Crippen LogP contribution in [0.25, 0.3) is 11.0 Å². The van der Waals surface area contributed by atoms with Gasteiger partial charge < -0.3 is 4.98 Å². The molecule has 0 bridgehead atoms. The summed E-state index contributed by atoms with van der Waals surface area (Å²) in [6.45, 7) is 0. The number of fused-ring (bicyclic) bond motifs is 1. The summed E-state index contributed by atoms with van der Waals surface area (Å²) in [5, 5.41) is 9.47. The van der Waals surface area contributed by atoms with Crippen molar-refractivity contribution >= 4 is 28.6 Å². The molecule has 3 rings (SSSR count). The highest BCUT2D eigenvalue weighted by Gasteiger charge is 2.09. The van der Waals surface area contributed by atoms with Gasteiger partial charge in [-0.15, -0.1) is 0 Å². The third-order valence-corrected chi connectivity index (χ3v) is 3.92. The molecular weight excluding hydrogens is 282 g/mol. The molecule has 0 fully saturated rings. The molecule has 1 N–H and O–H groups in total. The van der Waals surface area contributed by atoms with Gasteiger partial charge in [0.15, 0.2) is 10.9 Å². The van der Waals surface area contributed by atoms with Gasteiger partial charge >= 0.3 is 0 Å². The number of nitrogens with one attached hydrogen (secondary N) is 1. The summed E-state index contributed by atoms with van der Waals surface area (Å²) < 4.78 is 0. The Bertz CT molecular complexity index is 798. The van der Waals surface area contributed by atoms with Gasteiger partial charge in [0.2, 0.25) is 0 Å². The Labute approximate surface area is 125 Å². The lowest BCUT2D eigenvalue weighted by Crippen LogP contribution is -2.02. The minimum absolute atomic E-state index is 0.0185. The molecule has 0 amide bonds. The molecule has 1 aromatic heterocycles. The van der Waals surface area contributed by atoms with Gasteiger partial charge in [0.25, 0.3) is 0 Å². The Hall–Kier alpha value is -2.58. The van der Waals surface area contributed by atoms with E-state index in [9.17, 15) is 4.79 Å². The number of hydrogen-bond acceptors (Lipinski definition) is 4. The maximum atomic E-state index is 12.1. The third kappa shape index (κ3) is 2.96. The highest BCUT2D eigenvalue weighted by molar-refractivity contribution is 7.99. The fraction of sp³-hybridized carbons (Fsp3) is 0.0625. The fourth-order valence-electron chi connectivity index (χ4n) is 1.95. The molecular formula is C16H11N3OS. The summed E-state index contributed by atoms with van der Waals surface area (Å²) in [4.78, 5) is 19.7. The van der Waals surface area contributed by atoms with E-state index in [1.54, 1.807) is 24.3 Å². The molecule has 0 saturated heterocycles. The van der Waals surface area contributed by atoms with Crippen molar-refractivity contribution in [3.05, 3.63) is 59.7 Å². The lowest BCUT2D eigenvalue weighted by molar-refractivity contribution is 0.102. The Kier molecular flexibility index (Phi) is 3.71. The normalized spacial score (nSPS) is 10.4. The van der Waals surface area contributed by atoms with E-state index in [0.717, 1.165) is 16.2 Å². The Balaban J connectivity index is 1.68. The number of rotatable bonds is 4. The number of nitriles is 1. The number of carbonyl (C=O) groups excluding carboxylic acids is 1. The van der Waals surface area contributed by atoms with Crippen molar-refractivity contribution in [3.63, 3.8) is 0 Å². The maximum Gasteiger partial charge on any atom is 0.173 e. The Morgan fingerprint density at radius 3 is 2.67 bits per heavy atom. The number of imidazole rings is 1. The van der Waals surface area contributed by atoms with Crippen LogP contribution in [-0.4, -0.2) is 21.5 Å². The van der Waals surface area contributed by atoms with Crippen molar-refractivity contribution < 1.29 is 4.79 Å². The lowest BCUT2D eigenvalue weighted by atomic mass is 10.1. The van der Waals surface area contributed by atoms with Gasteiger partial charge in [-0.2, -0.15) is 5.26 Å². The van der Waals surface area contributed by atoms with E-state index in [1.165, 1.54) is 11.8 Å². The van der Waals surface area contributed by atoms with Crippen LogP contribution in [0.2, 0.25) is 0 Å². The van der Waals surface area contributed by atoms with Gasteiger partial charge in [0.05, 0.1) is 28.4 Å². The van der Waals surface area contributed by atoms with Crippen molar-refractivity contribution in [2.75, 3.05) is 5.75 Å². The zero-order valence-electron chi connectivity index (χ0n) is 11.0. The molecule has 0 saturated carbocycles. The highest BCUT2D eigenvalue weighted by atomic mass is 32.2. The SMILES string of the molecule is N#Cc1ccc(C(=O)CSc2nc3ccccc3[nH]2)cc1. The Morgan fingerprint density at radius 2 is 1.95 bits per heavy atom. The first-order valence-corrected chi connectivity index (χ1v) is 7.36. The predicted octanol–water partition coefficient (Wildman–Crippen LogP) is 3.41. The van der Waals surface area contributed by atoms with Gasteiger partial charge in [-0.05, 0) is 24.3 Å². The molecule has 2 aromatic carbocycles. The van der Waals surface area contributed by atoms with Crippen molar-refractivity contribution in [1.29, 1.82) is 5.26 Å². The number of thioether (sulfide) groups is 1. The number of carbonyl (C=O) groups is 1. The zero-order valence-corrected chi connectivity index (χ0v) is 11.9. The summed E-state index contributed by atoms with van der Waals surface area (Å²) >= 11 is 1.38. The van der Waals surface area contributed by atoms with Crippen LogP contribution in [0.5, 0.6) is 0 Å². The molecule has 5 heteroatoms. The molecule has 0 atom stereocenters. The maximum absolute atomic E-state index is 12.1. The van der Waals surface area contributed by atoms with Crippen molar-refractivity contribution in [1.82, 2.24) is 9.97 Å². The van der Waals surface area contributed by atoms with Gasteiger partial charge in [0, 0.05) is 5.56 Å². The number of H-pyrrole nitrogens is 1. The Morgan fingerprint density at radius 1 is 1.19 bits per heavy atom. The van der Waals surface area contributed by atoms with Crippen molar-refractivity contribution in [2.45, 2.75) is 5.16 Å². The minimum atomic E-state index is 0.0185. The predicted molar refractivity (Wildman–Crippen MR) is 82.3 cm³/mol. The van der Waals surface area contributed by atoms with Crippen LogP contribution in [0.4, 0.5) is 0 Å². The van der Waals surface area contributed by atoms with E-state index in [2.05, 4.69) is 9.97 Å². The molecule has 21 heavy (non-hydrogen) atoms. The van der Waals surface area contributed by atoms with Gasteiger partial charge in [-0.1, -0.05) is 36.0 Å². The van der Waals surface area contributed by atoms with Crippen LogP contribution in [0.3, 0.4) is 0 Å². The molecule has 0 aliphatic carbocycles. The first-order chi connectivity index (χ1) is 10.3. The molecule has 0 aliphatic heterocycles. The van der Waals surface area contributed by atoms with E-state index in [4.69, 9.17) is 5.26 Å². The summed E-state index contributed by atoms with van der Waals surface area (Å²) in [6.07, 6.45) is 0. The summed E-state index contributed by atoms with van der Waals surface area (Å²) in [7, 11) is 0. The number of aromatic nitrogens is 2. The second kappa shape index (κ2) is 5.81. The molecule has 3 aromatic rings. The molecule has 1 heterocycles. The number of benzene rings is 2.